The van der Waals surface area contributed by atoms with E-state index in [4.69, 9.17) is 45.3 Å². The van der Waals surface area contributed by atoms with Gasteiger partial charge in [0.1, 0.15) is 11.6 Å². The minimum atomic E-state index is -0.532. The number of rotatable bonds is 4. The van der Waals surface area contributed by atoms with Crippen molar-refractivity contribution in [3.05, 3.63) is 62.3 Å². The SMILES string of the molecule is COc1cc(Cl)c(C(N)Cc2c(F)cccc2Cl)cc1Cl. The number of methoxy groups -OCH3 is 1. The summed E-state index contributed by atoms with van der Waals surface area (Å²) in [5, 5.41) is 1.14. The van der Waals surface area contributed by atoms with Gasteiger partial charge in [-0.3, -0.25) is 0 Å². The minimum Gasteiger partial charge on any atom is -0.495 e. The normalized spacial score (nSPS) is 12.3. The molecule has 0 saturated carbocycles. The van der Waals surface area contributed by atoms with Crippen LogP contribution in [0.1, 0.15) is 17.2 Å². The fourth-order valence-electron chi connectivity index (χ4n) is 2.04. The molecule has 1 unspecified atom stereocenters. The van der Waals surface area contributed by atoms with Gasteiger partial charge in [0.05, 0.1) is 12.1 Å². The van der Waals surface area contributed by atoms with Gasteiger partial charge in [0.15, 0.2) is 0 Å². The Hall–Kier alpha value is -1.000. The molecule has 1 atom stereocenters. The van der Waals surface area contributed by atoms with Gasteiger partial charge in [-0.05, 0) is 30.2 Å². The van der Waals surface area contributed by atoms with Gasteiger partial charge >= 0.3 is 0 Å². The number of hydrogen-bond donors (Lipinski definition) is 1. The summed E-state index contributed by atoms with van der Waals surface area (Å²) in [5.74, 6) is 0.0650. The van der Waals surface area contributed by atoms with Crippen molar-refractivity contribution >= 4 is 34.8 Å². The third-order valence-electron chi connectivity index (χ3n) is 3.16. The largest absolute Gasteiger partial charge is 0.495 e. The fraction of sp³-hybridized carbons (Fsp3) is 0.200. The molecular weight excluding hydrogens is 336 g/mol. The van der Waals surface area contributed by atoms with E-state index in [1.54, 1.807) is 24.3 Å². The van der Waals surface area contributed by atoms with Gasteiger partial charge in [-0.25, -0.2) is 4.39 Å². The highest BCUT2D eigenvalue weighted by Gasteiger charge is 2.17. The van der Waals surface area contributed by atoms with E-state index < -0.39 is 11.9 Å². The molecule has 0 fully saturated rings. The Morgan fingerprint density at radius 1 is 1.14 bits per heavy atom. The molecule has 0 aliphatic carbocycles. The van der Waals surface area contributed by atoms with Crippen molar-refractivity contribution in [3.63, 3.8) is 0 Å². The molecule has 0 amide bonds. The van der Waals surface area contributed by atoms with Crippen molar-refractivity contribution < 1.29 is 9.13 Å². The van der Waals surface area contributed by atoms with Gasteiger partial charge in [0, 0.05) is 27.7 Å². The summed E-state index contributed by atoms with van der Waals surface area (Å²) in [4.78, 5) is 0. The van der Waals surface area contributed by atoms with Gasteiger partial charge in [-0.2, -0.15) is 0 Å². The van der Waals surface area contributed by atoms with Gasteiger partial charge < -0.3 is 10.5 Å². The molecule has 112 valence electrons. The molecule has 2 aromatic rings. The monoisotopic (exact) mass is 347 g/mol. The Morgan fingerprint density at radius 2 is 1.86 bits per heavy atom. The lowest BCUT2D eigenvalue weighted by atomic mass is 9.99. The van der Waals surface area contributed by atoms with Crippen LogP contribution in [0.5, 0.6) is 5.75 Å². The van der Waals surface area contributed by atoms with Crippen molar-refractivity contribution in [2.75, 3.05) is 7.11 Å². The molecule has 2 rings (SSSR count). The predicted molar refractivity (Wildman–Crippen MR) is 85.1 cm³/mol. The van der Waals surface area contributed by atoms with E-state index in [0.29, 0.717) is 31.9 Å². The van der Waals surface area contributed by atoms with Gasteiger partial charge in [0.25, 0.3) is 0 Å². The summed E-state index contributed by atoms with van der Waals surface area (Å²) in [6, 6.07) is 7.19. The lowest BCUT2D eigenvalue weighted by Crippen LogP contribution is -2.15. The average Bonchev–Trinajstić information content (AvgIpc) is 2.44. The standard InChI is InChI=1S/C15H13Cl3FNO/c1-21-15-7-11(17)9(5-12(15)18)14(20)6-8-10(16)3-2-4-13(8)19/h2-5,7,14H,6,20H2,1H3. The predicted octanol–water partition coefficient (Wildman–Crippen LogP) is 5.04. The van der Waals surface area contributed by atoms with E-state index in [0.717, 1.165) is 0 Å². The second-order valence-corrected chi connectivity index (χ2v) is 5.74. The molecule has 2 N–H and O–H groups in total. The third-order valence-corrected chi connectivity index (χ3v) is 4.13. The number of ether oxygens (including phenoxy) is 1. The maximum Gasteiger partial charge on any atom is 0.138 e. The highest BCUT2D eigenvalue weighted by atomic mass is 35.5. The Morgan fingerprint density at radius 3 is 2.48 bits per heavy atom. The van der Waals surface area contributed by atoms with Crippen molar-refractivity contribution in [2.24, 2.45) is 5.73 Å². The Balaban J connectivity index is 2.33. The van der Waals surface area contributed by atoms with Gasteiger partial charge in [-0.15, -0.1) is 0 Å². The number of nitrogens with two attached hydrogens (primary N) is 1. The smallest absolute Gasteiger partial charge is 0.138 e. The van der Waals surface area contributed by atoms with Crippen LogP contribution in [0.3, 0.4) is 0 Å². The lowest BCUT2D eigenvalue weighted by molar-refractivity contribution is 0.415. The van der Waals surface area contributed by atoms with Crippen LogP contribution in [-0.4, -0.2) is 7.11 Å². The van der Waals surface area contributed by atoms with E-state index in [9.17, 15) is 4.39 Å². The van der Waals surface area contributed by atoms with Crippen molar-refractivity contribution in [1.29, 1.82) is 0 Å². The average molecular weight is 349 g/mol. The van der Waals surface area contributed by atoms with Crippen LogP contribution in [0, 0.1) is 5.82 Å². The first-order valence-corrected chi connectivity index (χ1v) is 7.28. The van der Waals surface area contributed by atoms with Crippen molar-refractivity contribution in [3.8, 4) is 5.75 Å². The fourth-order valence-corrected chi connectivity index (χ4v) is 2.82. The number of benzene rings is 2. The molecule has 21 heavy (non-hydrogen) atoms. The van der Waals surface area contributed by atoms with E-state index in [2.05, 4.69) is 0 Å². The number of halogens is 4. The maximum absolute atomic E-state index is 13.8. The Bertz CT molecular complexity index is 643. The van der Waals surface area contributed by atoms with Crippen LogP contribution in [-0.2, 0) is 6.42 Å². The van der Waals surface area contributed by atoms with Gasteiger partial charge in [0.2, 0.25) is 0 Å². The third kappa shape index (κ3) is 3.61. The maximum atomic E-state index is 13.8. The summed E-state index contributed by atoms with van der Waals surface area (Å²) < 4.78 is 18.9. The Labute approximate surface area is 137 Å². The van der Waals surface area contributed by atoms with Crippen LogP contribution < -0.4 is 10.5 Å². The van der Waals surface area contributed by atoms with E-state index >= 15 is 0 Å². The molecule has 0 aliphatic heterocycles. The Kier molecular flexibility index (Phi) is 5.33. The first-order chi connectivity index (χ1) is 9.93. The lowest BCUT2D eigenvalue weighted by Gasteiger charge is -2.17. The van der Waals surface area contributed by atoms with Crippen LogP contribution in [0.4, 0.5) is 4.39 Å². The molecule has 0 spiro atoms. The molecule has 0 saturated heterocycles. The van der Waals surface area contributed by atoms with Crippen LogP contribution in [0.2, 0.25) is 15.1 Å². The molecule has 2 aromatic carbocycles. The molecule has 0 aromatic heterocycles. The molecule has 0 bridgehead atoms. The van der Waals surface area contributed by atoms with Crippen molar-refractivity contribution in [1.82, 2.24) is 0 Å². The van der Waals surface area contributed by atoms with Crippen LogP contribution in [0.15, 0.2) is 30.3 Å². The molecule has 0 heterocycles. The zero-order valence-electron chi connectivity index (χ0n) is 11.2. The van der Waals surface area contributed by atoms with Crippen LogP contribution in [0.25, 0.3) is 0 Å². The zero-order chi connectivity index (χ0) is 15.6. The van der Waals surface area contributed by atoms with Crippen molar-refractivity contribution in [2.45, 2.75) is 12.5 Å². The molecular formula is C15H13Cl3FNO. The van der Waals surface area contributed by atoms with E-state index in [1.807, 2.05) is 0 Å². The van der Waals surface area contributed by atoms with Gasteiger partial charge in [-0.1, -0.05) is 40.9 Å². The topological polar surface area (TPSA) is 35.2 Å². The first kappa shape index (κ1) is 16.4. The highest BCUT2D eigenvalue weighted by Crippen LogP contribution is 2.35. The summed E-state index contributed by atoms with van der Waals surface area (Å²) in [6.45, 7) is 0. The summed E-state index contributed by atoms with van der Waals surface area (Å²) in [6.07, 6.45) is 0.216. The summed E-state index contributed by atoms with van der Waals surface area (Å²) in [7, 11) is 1.50. The summed E-state index contributed by atoms with van der Waals surface area (Å²) >= 11 is 18.3. The molecule has 2 nitrogen and oxygen atoms in total. The highest BCUT2D eigenvalue weighted by molar-refractivity contribution is 6.34. The quantitative estimate of drug-likeness (QED) is 0.840. The molecule has 0 aliphatic rings. The van der Waals surface area contributed by atoms with E-state index in [1.165, 1.54) is 13.2 Å². The second kappa shape index (κ2) is 6.84. The summed E-state index contributed by atoms with van der Waals surface area (Å²) in [5.41, 5.74) is 7.09. The first-order valence-electron chi connectivity index (χ1n) is 6.15. The number of hydrogen-bond acceptors (Lipinski definition) is 2. The molecule has 0 radical (unpaired) electrons. The second-order valence-electron chi connectivity index (χ2n) is 4.52. The van der Waals surface area contributed by atoms with E-state index in [-0.39, 0.29) is 6.42 Å². The minimum absolute atomic E-state index is 0.216. The zero-order valence-corrected chi connectivity index (χ0v) is 13.4. The molecule has 6 heteroatoms. The van der Waals surface area contributed by atoms with Crippen LogP contribution >= 0.6 is 34.8 Å².